The van der Waals surface area contributed by atoms with Crippen LogP contribution in [0.25, 0.3) is 0 Å². The standard InChI is InChI=1S/C12H15BrO2/c1-3-12(14)10-4-6-11(7-5-10)15-8-9(2)13/h4-7,12,14H,2-3,8H2,1H3/t12-/m0/s1. The first-order valence-electron chi connectivity index (χ1n) is 4.87. The second-order valence-corrected chi connectivity index (χ2v) is 4.42. The molecule has 0 bridgehead atoms. The summed E-state index contributed by atoms with van der Waals surface area (Å²) in [7, 11) is 0. The Morgan fingerprint density at radius 2 is 2.07 bits per heavy atom. The monoisotopic (exact) mass is 270 g/mol. The van der Waals surface area contributed by atoms with Gasteiger partial charge in [-0.05, 0) is 24.1 Å². The predicted octanol–water partition coefficient (Wildman–Crippen LogP) is 3.42. The molecule has 0 aliphatic carbocycles. The summed E-state index contributed by atoms with van der Waals surface area (Å²) in [5, 5.41) is 9.58. The average Bonchev–Trinajstić information content (AvgIpc) is 2.26. The Hall–Kier alpha value is -0.800. The third kappa shape index (κ3) is 4.06. The molecule has 0 heterocycles. The zero-order chi connectivity index (χ0) is 11.3. The van der Waals surface area contributed by atoms with Crippen molar-refractivity contribution < 1.29 is 9.84 Å². The maximum Gasteiger partial charge on any atom is 0.119 e. The molecule has 0 fully saturated rings. The molecule has 1 atom stereocenters. The van der Waals surface area contributed by atoms with E-state index in [4.69, 9.17) is 4.74 Å². The number of aliphatic hydroxyl groups excluding tert-OH is 1. The van der Waals surface area contributed by atoms with Crippen LogP contribution in [0.5, 0.6) is 5.75 Å². The first-order valence-corrected chi connectivity index (χ1v) is 5.67. The van der Waals surface area contributed by atoms with Crippen molar-refractivity contribution in [1.82, 2.24) is 0 Å². The third-order valence-corrected chi connectivity index (χ3v) is 2.28. The number of ether oxygens (including phenoxy) is 1. The van der Waals surface area contributed by atoms with Crippen molar-refractivity contribution >= 4 is 15.9 Å². The van der Waals surface area contributed by atoms with E-state index in [0.29, 0.717) is 6.61 Å². The molecule has 0 aliphatic rings. The van der Waals surface area contributed by atoms with Crippen molar-refractivity contribution in [3.05, 3.63) is 40.9 Å². The van der Waals surface area contributed by atoms with E-state index < -0.39 is 0 Å². The van der Waals surface area contributed by atoms with Gasteiger partial charge < -0.3 is 9.84 Å². The summed E-state index contributed by atoms with van der Waals surface area (Å²) >= 11 is 3.22. The van der Waals surface area contributed by atoms with Gasteiger partial charge in [0.05, 0.1) is 6.10 Å². The highest BCUT2D eigenvalue weighted by molar-refractivity contribution is 9.11. The molecule has 0 aromatic heterocycles. The molecule has 1 aromatic carbocycles. The molecule has 1 rings (SSSR count). The number of hydrogen-bond donors (Lipinski definition) is 1. The fourth-order valence-corrected chi connectivity index (χ4v) is 1.30. The van der Waals surface area contributed by atoms with Crippen LogP contribution in [0.4, 0.5) is 0 Å². The molecular formula is C12H15BrO2. The first kappa shape index (κ1) is 12.3. The molecule has 1 N–H and O–H groups in total. The predicted molar refractivity (Wildman–Crippen MR) is 65.3 cm³/mol. The van der Waals surface area contributed by atoms with E-state index in [9.17, 15) is 5.11 Å². The minimum absolute atomic E-state index is 0.384. The Labute approximate surface area is 98.7 Å². The molecule has 0 saturated heterocycles. The summed E-state index contributed by atoms with van der Waals surface area (Å²) in [5.74, 6) is 0.780. The van der Waals surface area contributed by atoms with Crippen LogP contribution in [0, 0.1) is 0 Å². The fraction of sp³-hybridized carbons (Fsp3) is 0.333. The van der Waals surface area contributed by atoms with Gasteiger partial charge in [-0.2, -0.15) is 0 Å². The normalized spacial score (nSPS) is 12.2. The van der Waals surface area contributed by atoms with E-state index in [-0.39, 0.29) is 6.10 Å². The summed E-state index contributed by atoms with van der Waals surface area (Å²) < 4.78 is 6.21. The maximum absolute atomic E-state index is 9.58. The van der Waals surface area contributed by atoms with Crippen molar-refractivity contribution in [2.45, 2.75) is 19.4 Å². The minimum atomic E-state index is -0.384. The number of hydrogen-bond acceptors (Lipinski definition) is 2. The second-order valence-electron chi connectivity index (χ2n) is 3.30. The highest BCUT2D eigenvalue weighted by Crippen LogP contribution is 2.20. The Morgan fingerprint density at radius 1 is 1.47 bits per heavy atom. The fourth-order valence-electron chi connectivity index (χ4n) is 1.18. The summed E-state index contributed by atoms with van der Waals surface area (Å²) in [6.45, 7) is 6.08. The van der Waals surface area contributed by atoms with Crippen molar-refractivity contribution in [3.63, 3.8) is 0 Å². The smallest absolute Gasteiger partial charge is 0.119 e. The van der Waals surface area contributed by atoms with Crippen LogP contribution < -0.4 is 4.74 Å². The Kier molecular flexibility index (Phi) is 4.85. The van der Waals surface area contributed by atoms with Crippen LogP contribution in [0.2, 0.25) is 0 Å². The van der Waals surface area contributed by atoms with E-state index in [1.54, 1.807) is 0 Å². The van der Waals surface area contributed by atoms with Gasteiger partial charge in [-0.15, -0.1) is 0 Å². The third-order valence-electron chi connectivity index (χ3n) is 2.05. The quantitative estimate of drug-likeness (QED) is 0.889. The molecular weight excluding hydrogens is 256 g/mol. The van der Waals surface area contributed by atoms with E-state index in [1.165, 1.54) is 0 Å². The lowest BCUT2D eigenvalue weighted by atomic mass is 10.1. The van der Waals surface area contributed by atoms with Gasteiger partial charge >= 0.3 is 0 Å². The maximum atomic E-state index is 9.58. The lowest BCUT2D eigenvalue weighted by Gasteiger charge is -2.09. The van der Waals surface area contributed by atoms with E-state index in [0.717, 1.165) is 22.2 Å². The van der Waals surface area contributed by atoms with Gasteiger partial charge in [0, 0.05) is 4.48 Å². The van der Waals surface area contributed by atoms with Crippen LogP contribution >= 0.6 is 15.9 Å². The highest BCUT2D eigenvalue weighted by Gasteiger charge is 2.04. The number of aliphatic hydroxyl groups is 1. The molecule has 82 valence electrons. The van der Waals surface area contributed by atoms with Crippen molar-refractivity contribution in [2.75, 3.05) is 6.61 Å². The van der Waals surface area contributed by atoms with Gasteiger partial charge in [-0.25, -0.2) is 0 Å². The highest BCUT2D eigenvalue weighted by atomic mass is 79.9. The molecule has 3 heteroatoms. The summed E-state index contributed by atoms with van der Waals surface area (Å²) in [5.41, 5.74) is 0.919. The number of rotatable bonds is 5. The molecule has 0 saturated carbocycles. The summed E-state index contributed by atoms with van der Waals surface area (Å²) in [6.07, 6.45) is 0.337. The molecule has 2 nitrogen and oxygen atoms in total. The molecule has 0 amide bonds. The van der Waals surface area contributed by atoms with Crippen LogP contribution in [0.3, 0.4) is 0 Å². The minimum Gasteiger partial charge on any atom is -0.488 e. The van der Waals surface area contributed by atoms with Gasteiger partial charge in [-0.1, -0.05) is 41.6 Å². The largest absolute Gasteiger partial charge is 0.488 e. The molecule has 0 aliphatic heterocycles. The number of benzene rings is 1. The topological polar surface area (TPSA) is 29.5 Å². The van der Waals surface area contributed by atoms with E-state index >= 15 is 0 Å². The van der Waals surface area contributed by atoms with Gasteiger partial charge in [0.1, 0.15) is 12.4 Å². The van der Waals surface area contributed by atoms with Gasteiger partial charge in [0.2, 0.25) is 0 Å². The van der Waals surface area contributed by atoms with E-state index in [2.05, 4.69) is 22.5 Å². The lowest BCUT2D eigenvalue weighted by molar-refractivity contribution is 0.173. The van der Waals surface area contributed by atoms with Crippen LogP contribution in [0.15, 0.2) is 35.3 Å². The molecule has 0 radical (unpaired) electrons. The molecule has 1 aromatic rings. The van der Waals surface area contributed by atoms with Gasteiger partial charge in [-0.3, -0.25) is 0 Å². The Bertz CT molecular complexity index is 319. The number of halogens is 1. The Balaban J connectivity index is 2.60. The summed E-state index contributed by atoms with van der Waals surface area (Å²) in [6, 6.07) is 7.45. The molecule has 0 unspecified atom stereocenters. The van der Waals surface area contributed by atoms with Crippen molar-refractivity contribution in [1.29, 1.82) is 0 Å². The molecule has 15 heavy (non-hydrogen) atoms. The SMILES string of the molecule is C=C(Br)COc1ccc([C@@H](O)CC)cc1. The molecule has 0 spiro atoms. The van der Waals surface area contributed by atoms with Crippen LogP contribution in [0.1, 0.15) is 25.0 Å². The zero-order valence-corrected chi connectivity index (χ0v) is 10.3. The van der Waals surface area contributed by atoms with Crippen LogP contribution in [-0.4, -0.2) is 11.7 Å². The Morgan fingerprint density at radius 3 is 2.53 bits per heavy atom. The first-order chi connectivity index (χ1) is 7.13. The lowest BCUT2D eigenvalue weighted by Crippen LogP contribution is -1.98. The summed E-state index contributed by atoms with van der Waals surface area (Å²) in [4.78, 5) is 0. The van der Waals surface area contributed by atoms with Crippen molar-refractivity contribution in [3.8, 4) is 5.75 Å². The van der Waals surface area contributed by atoms with Gasteiger partial charge in [0.15, 0.2) is 0 Å². The van der Waals surface area contributed by atoms with Crippen molar-refractivity contribution in [2.24, 2.45) is 0 Å². The van der Waals surface area contributed by atoms with Gasteiger partial charge in [0.25, 0.3) is 0 Å². The zero-order valence-electron chi connectivity index (χ0n) is 8.74. The average molecular weight is 271 g/mol. The van der Waals surface area contributed by atoms with E-state index in [1.807, 2.05) is 31.2 Å². The van der Waals surface area contributed by atoms with Crippen LogP contribution in [-0.2, 0) is 0 Å². The second kappa shape index (κ2) is 5.93.